The van der Waals surface area contributed by atoms with E-state index in [2.05, 4.69) is 20.8 Å². The molecule has 1 atom stereocenters. The van der Waals surface area contributed by atoms with E-state index < -0.39 is 0 Å². The largest absolute Gasteiger partial charge is 0.361 e. The second kappa shape index (κ2) is 9.67. The van der Waals surface area contributed by atoms with Crippen molar-refractivity contribution in [2.75, 3.05) is 6.54 Å². The van der Waals surface area contributed by atoms with Crippen LogP contribution in [0.5, 0.6) is 0 Å². The third kappa shape index (κ3) is 5.22. The molecule has 0 aromatic carbocycles. The fourth-order valence-corrected chi connectivity index (χ4v) is 4.21. The number of nitrogens with zero attached hydrogens (tertiary/aromatic N) is 2. The predicted octanol–water partition coefficient (Wildman–Crippen LogP) is 3.35. The van der Waals surface area contributed by atoms with Gasteiger partial charge in [0.05, 0.1) is 17.4 Å². The SMILES string of the molecule is CCc1noc(C)c1C(=O)NCC1CCC([C@@H](NC(C)=O)c2ccccn2)CC1. The van der Waals surface area contributed by atoms with E-state index >= 15 is 0 Å². The quantitative estimate of drug-likeness (QED) is 0.745. The topological polar surface area (TPSA) is 97.1 Å². The van der Waals surface area contributed by atoms with Crippen LogP contribution in [0.15, 0.2) is 28.9 Å². The minimum Gasteiger partial charge on any atom is -0.361 e. The Morgan fingerprint density at radius 1 is 1.24 bits per heavy atom. The van der Waals surface area contributed by atoms with E-state index in [1.54, 1.807) is 20.0 Å². The first-order valence-electron chi connectivity index (χ1n) is 10.4. The van der Waals surface area contributed by atoms with Crippen molar-refractivity contribution in [3.8, 4) is 0 Å². The number of rotatable bonds is 7. The Morgan fingerprint density at radius 2 is 2.00 bits per heavy atom. The molecule has 29 heavy (non-hydrogen) atoms. The van der Waals surface area contributed by atoms with E-state index in [1.807, 2.05) is 25.1 Å². The molecule has 1 fully saturated rings. The zero-order valence-electron chi connectivity index (χ0n) is 17.4. The number of nitrogens with one attached hydrogen (secondary N) is 2. The van der Waals surface area contributed by atoms with Gasteiger partial charge in [0.25, 0.3) is 5.91 Å². The first-order chi connectivity index (χ1) is 14.0. The van der Waals surface area contributed by atoms with Crippen molar-refractivity contribution >= 4 is 11.8 Å². The van der Waals surface area contributed by atoms with Crippen LogP contribution in [-0.4, -0.2) is 28.5 Å². The summed E-state index contributed by atoms with van der Waals surface area (Å²) in [5.74, 6) is 1.21. The fourth-order valence-electron chi connectivity index (χ4n) is 4.21. The molecule has 0 aliphatic heterocycles. The van der Waals surface area contributed by atoms with Crippen molar-refractivity contribution < 1.29 is 14.1 Å². The van der Waals surface area contributed by atoms with Gasteiger partial charge in [0.15, 0.2) is 0 Å². The van der Waals surface area contributed by atoms with Gasteiger partial charge in [-0.3, -0.25) is 14.6 Å². The van der Waals surface area contributed by atoms with Crippen LogP contribution in [0.3, 0.4) is 0 Å². The summed E-state index contributed by atoms with van der Waals surface area (Å²) in [5.41, 5.74) is 2.19. The molecule has 0 bridgehead atoms. The lowest BCUT2D eigenvalue weighted by atomic mass is 9.77. The molecule has 0 spiro atoms. The molecule has 2 amide bonds. The lowest BCUT2D eigenvalue weighted by Gasteiger charge is -2.34. The third-order valence-electron chi connectivity index (χ3n) is 5.77. The Hall–Kier alpha value is -2.70. The smallest absolute Gasteiger partial charge is 0.256 e. The number of hydrogen-bond acceptors (Lipinski definition) is 5. The van der Waals surface area contributed by atoms with Gasteiger partial charge in [-0.25, -0.2) is 0 Å². The molecule has 2 aromatic heterocycles. The zero-order chi connectivity index (χ0) is 20.8. The highest BCUT2D eigenvalue weighted by Crippen LogP contribution is 2.36. The minimum atomic E-state index is -0.104. The summed E-state index contributed by atoms with van der Waals surface area (Å²) in [4.78, 5) is 28.7. The Bertz CT molecular complexity index is 826. The maximum absolute atomic E-state index is 12.6. The number of amides is 2. The minimum absolute atomic E-state index is 0.0362. The molecular formula is C22H30N4O3. The van der Waals surface area contributed by atoms with Crippen molar-refractivity contribution in [1.29, 1.82) is 0 Å². The van der Waals surface area contributed by atoms with Crippen molar-refractivity contribution in [2.24, 2.45) is 11.8 Å². The Kier molecular flexibility index (Phi) is 7.01. The Labute approximate surface area is 171 Å². The van der Waals surface area contributed by atoms with Crippen molar-refractivity contribution in [3.05, 3.63) is 47.1 Å². The first kappa shape index (κ1) is 21.0. The molecule has 7 heteroatoms. The molecule has 1 aliphatic carbocycles. The molecule has 0 unspecified atom stereocenters. The summed E-state index contributed by atoms with van der Waals surface area (Å²) in [5, 5.41) is 10.1. The summed E-state index contributed by atoms with van der Waals surface area (Å²) in [6.45, 7) is 5.93. The number of carbonyl (C=O) groups is 2. The van der Waals surface area contributed by atoms with Crippen molar-refractivity contribution in [2.45, 2.75) is 58.9 Å². The van der Waals surface area contributed by atoms with Crippen LogP contribution in [0.25, 0.3) is 0 Å². The maximum Gasteiger partial charge on any atom is 0.256 e. The lowest BCUT2D eigenvalue weighted by molar-refractivity contribution is -0.120. The summed E-state index contributed by atoms with van der Waals surface area (Å²) in [6, 6.07) is 5.75. The van der Waals surface area contributed by atoms with Crippen LogP contribution >= 0.6 is 0 Å². The highest BCUT2D eigenvalue weighted by molar-refractivity contribution is 5.96. The Morgan fingerprint density at radius 3 is 2.62 bits per heavy atom. The maximum atomic E-state index is 12.6. The predicted molar refractivity (Wildman–Crippen MR) is 109 cm³/mol. The standard InChI is InChI=1S/C22H30N4O3/c1-4-18-20(14(2)29-26-18)22(28)24-13-16-8-10-17(11-9-16)21(25-15(3)27)19-7-5-6-12-23-19/h5-7,12,16-17,21H,4,8-11,13H2,1-3H3,(H,24,28)(H,25,27)/t16?,17?,21-/m1/s1. The van der Waals surface area contributed by atoms with Gasteiger partial charge in [-0.2, -0.15) is 0 Å². The summed E-state index contributed by atoms with van der Waals surface area (Å²) in [6.07, 6.45) is 6.45. The normalized spacial score (nSPS) is 20.1. The van der Waals surface area contributed by atoms with Gasteiger partial charge in [-0.05, 0) is 63.0 Å². The van der Waals surface area contributed by atoms with Crippen LogP contribution in [0.4, 0.5) is 0 Å². The molecule has 156 valence electrons. The Balaban J connectivity index is 1.55. The molecule has 0 saturated heterocycles. The van der Waals surface area contributed by atoms with Crippen LogP contribution in [0.2, 0.25) is 0 Å². The fraction of sp³-hybridized carbons (Fsp3) is 0.545. The number of aromatic nitrogens is 2. The monoisotopic (exact) mass is 398 g/mol. The van der Waals surface area contributed by atoms with Crippen molar-refractivity contribution in [1.82, 2.24) is 20.8 Å². The number of aryl methyl sites for hydroxylation is 2. The van der Waals surface area contributed by atoms with Crippen LogP contribution < -0.4 is 10.6 Å². The molecule has 1 saturated carbocycles. The van der Waals surface area contributed by atoms with E-state index in [4.69, 9.17) is 4.52 Å². The summed E-state index contributed by atoms with van der Waals surface area (Å²) < 4.78 is 5.16. The second-order valence-electron chi connectivity index (χ2n) is 7.84. The number of hydrogen-bond donors (Lipinski definition) is 2. The molecule has 3 rings (SSSR count). The molecule has 7 nitrogen and oxygen atoms in total. The van der Waals surface area contributed by atoms with Gasteiger partial charge >= 0.3 is 0 Å². The van der Waals surface area contributed by atoms with Crippen LogP contribution in [-0.2, 0) is 11.2 Å². The molecule has 2 heterocycles. The summed E-state index contributed by atoms with van der Waals surface area (Å²) in [7, 11) is 0. The number of pyridine rings is 1. The lowest BCUT2D eigenvalue weighted by Crippen LogP contribution is -2.36. The summed E-state index contributed by atoms with van der Waals surface area (Å²) >= 11 is 0. The highest BCUT2D eigenvalue weighted by atomic mass is 16.5. The molecule has 1 aliphatic rings. The van der Waals surface area contributed by atoms with Gasteiger partial charge in [-0.1, -0.05) is 18.1 Å². The van der Waals surface area contributed by atoms with Crippen LogP contribution in [0, 0.1) is 18.8 Å². The van der Waals surface area contributed by atoms with Gasteiger partial charge in [-0.15, -0.1) is 0 Å². The molecule has 2 N–H and O–H groups in total. The van der Waals surface area contributed by atoms with Crippen LogP contribution in [0.1, 0.15) is 73.1 Å². The van der Waals surface area contributed by atoms with E-state index in [-0.39, 0.29) is 17.9 Å². The van der Waals surface area contributed by atoms with Gasteiger partial charge in [0.1, 0.15) is 11.3 Å². The average Bonchev–Trinajstić information content (AvgIpc) is 3.12. The van der Waals surface area contributed by atoms with E-state index in [0.29, 0.717) is 41.8 Å². The third-order valence-corrected chi connectivity index (χ3v) is 5.77. The number of carbonyl (C=O) groups excluding carboxylic acids is 2. The van der Waals surface area contributed by atoms with E-state index in [0.717, 1.165) is 31.4 Å². The van der Waals surface area contributed by atoms with E-state index in [1.165, 1.54) is 0 Å². The van der Waals surface area contributed by atoms with Gasteiger partial charge in [0.2, 0.25) is 5.91 Å². The first-order valence-corrected chi connectivity index (χ1v) is 10.4. The van der Waals surface area contributed by atoms with E-state index in [9.17, 15) is 9.59 Å². The second-order valence-corrected chi connectivity index (χ2v) is 7.84. The molecule has 2 aromatic rings. The average molecular weight is 399 g/mol. The van der Waals surface area contributed by atoms with Gasteiger partial charge < -0.3 is 15.2 Å². The van der Waals surface area contributed by atoms with Gasteiger partial charge in [0, 0.05) is 19.7 Å². The highest BCUT2D eigenvalue weighted by Gasteiger charge is 2.30. The van der Waals surface area contributed by atoms with Crippen molar-refractivity contribution in [3.63, 3.8) is 0 Å². The molecular weight excluding hydrogens is 368 g/mol. The zero-order valence-corrected chi connectivity index (χ0v) is 17.4. The molecule has 0 radical (unpaired) electrons.